The Balaban J connectivity index is 1.82. The van der Waals surface area contributed by atoms with Crippen LogP contribution in [0.15, 0.2) is 48.5 Å². The zero-order chi connectivity index (χ0) is 20.7. The average Bonchev–Trinajstić information content (AvgIpc) is 2.63. The van der Waals surface area contributed by atoms with Crippen molar-refractivity contribution in [2.24, 2.45) is 11.8 Å². The zero-order valence-corrected chi connectivity index (χ0v) is 18.8. The molecule has 0 amide bonds. The van der Waals surface area contributed by atoms with E-state index in [1.807, 2.05) is 12.1 Å². The predicted molar refractivity (Wildman–Crippen MR) is 120 cm³/mol. The Morgan fingerprint density at radius 3 is 1.57 bits per heavy atom. The first-order valence-electron chi connectivity index (χ1n) is 10.6. The molecule has 0 saturated carbocycles. The normalized spacial score (nSPS) is 13.0. The van der Waals surface area contributed by atoms with Crippen molar-refractivity contribution in [1.29, 1.82) is 0 Å². The van der Waals surface area contributed by atoms with Crippen LogP contribution in [-0.4, -0.2) is 13.2 Å². The minimum Gasteiger partial charge on any atom is -0.490 e. The number of hydrogen-bond donors (Lipinski definition) is 0. The highest BCUT2D eigenvalue weighted by Gasteiger charge is 2.17. The lowest BCUT2D eigenvalue weighted by molar-refractivity contribution is 0.217. The predicted octanol–water partition coefficient (Wildman–Crippen LogP) is 7.23. The van der Waals surface area contributed by atoms with Gasteiger partial charge < -0.3 is 9.47 Å². The molecule has 0 N–H and O–H groups in total. The Morgan fingerprint density at radius 2 is 1.18 bits per heavy atom. The van der Waals surface area contributed by atoms with E-state index in [-0.39, 0.29) is 5.41 Å². The summed E-state index contributed by atoms with van der Waals surface area (Å²) in [4.78, 5) is 0. The highest BCUT2D eigenvalue weighted by atomic mass is 16.5. The first-order chi connectivity index (χ1) is 13.2. The second kappa shape index (κ2) is 10.0. The highest BCUT2D eigenvalue weighted by molar-refractivity contribution is 5.31. The Kier molecular flexibility index (Phi) is 7.98. The van der Waals surface area contributed by atoms with E-state index >= 15 is 0 Å². The van der Waals surface area contributed by atoms with E-state index in [1.165, 1.54) is 17.5 Å². The molecule has 2 heteroatoms. The maximum atomic E-state index is 5.86. The molecule has 0 heterocycles. The molecule has 0 aliphatic rings. The van der Waals surface area contributed by atoms with Gasteiger partial charge in [-0.3, -0.25) is 0 Å². The second-order valence-corrected chi connectivity index (χ2v) is 9.52. The van der Waals surface area contributed by atoms with Gasteiger partial charge in [0.15, 0.2) is 0 Å². The topological polar surface area (TPSA) is 18.5 Å². The molecule has 2 nitrogen and oxygen atoms in total. The first kappa shape index (κ1) is 22.3. The Bertz CT molecular complexity index is 691. The minimum atomic E-state index is 0.164. The smallest absolute Gasteiger partial charge is 0.122 e. The van der Waals surface area contributed by atoms with Gasteiger partial charge in [0, 0.05) is 0 Å². The van der Waals surface area contributed by atoms with E-state index in [4.69, 9.17) is 9.47 Å². The lowest BCUT2D eigenvalue weighted by atomic mass is 9.82. The largest absolute Gasteiger partial charge is 0.490 e. The molecule has 0 fully saturated rings. The van der Waals surface area contributed by atoms with Crippen LogP contribution in [0.2, 0.25) is 0 Å². The second-order valence-electron chi connectivity index (χ2n) is 9.52. The summed E-state index contributed by atoms with van der Waals surface area (Å²) in [7, 11) is 0. The van der Waals surface area contributed by atoms with Crippen molar-refractivity contribution in [3.8, 4) is 11.5 Å². The molecule has 0 saturated heterocycles. The van der Waals surface area contributed by atoms with Crippen molar-refractivity contribution in [3.63, 3.8) is 0 Å². The molecule has 1 unspecified atom stereocenters. The van der Waals surface area contributed by atoms with Crippen LogP contribution in [0.3, 0.4) is 0 Å². The standard InChI is InChI=1S/C26H38O2/c1-19(2)18-25(20(3)4)21-8-12-23(13-9-21)27-16-17-28-24-14-10-22(11-15-24)26(5,6)7/h8-15,19-20,25H,16-18H2,1-7H3. The molecule has 0 spiro atoms. The van der Waals surface area contributed by atoms with Gasteiger partial charge >= 0.3 is 0 Å². The molecule has 0 aliphatic heterocycles. The molecular weight excluding hydrogens is 344 g/mol. The van der Waals surface area contributed by atoms with Crippen LogP contribution in [0.1, 0.15) is 71.9 Å². The molecule has 28 heavy (non-hydrogen) atoms. The SMILES string of the molecule is CC(C)CC(c1ccc(OCCOc2ccc(C(C)(C)C)cc2)cc1)C(C)C. The molecule has 0 aromatic heterocycles. The minimum absolute atomic E-state index is 0.164. The van der Waals surface area contributed by atoms with Crippen LogP contribution in [0.25, 0.3) is 0 Å². The van der Waals surface area contributed by atoms with Gasteiger partial charge in [0.1, 0.15) is 24.7 Å². The molecule has 0 radical (unpaired) electrons. The Hall–Kier alpha value is -1.96. The van der Waals surface area contributed by atoms with Crippen LogP contribution in [0.4, 0.5) is 0 Å². The summed E-state index contributed by atoms with van der Waals surface area (Å²) >= 11 is 0. The van der Waals surface area contributed by atoms with Crippen molar-refractivity contribution in [2.45, 2.75) is 66.2 Å². The van der Waals surface area contributed by atoms with E-state index in [0.717, 1.165) is 11.5 Å². The van der Waals surface area contributed by atoms with Crippen LogP contribution < -0.4 is 9.47 Å². The summed E-state index contributed by atoms with van der Waals surface area (Å²) in [5, 5.41) is 0. The lowest BCUT2D eigenvalue weighted by Crippen LogP contribution is -2.12. The third-order valence-corrected chi connectivity index (χ3v) is 5.18. The van der Waals surface area contributed by atoms with Crippen molar-refractivity contribution in [3.05, 3.63) is 59.7 Å². The average molecular weight is 383 g/mol. The zero-order valence-electron chi connectivity index (χ0n) is 18.8. The van der Waals surface area contributed by atoms with Gasteiger partial charge in [-0.1, -0.05) is 72.7 Å². The van der Waals surface area contributed by atoms with E-state index in [0.29, 0.717) is 31.0 Å². The highest BCUT2D eigenvalue weighted by Crippen LogP contribution is 2.32. The number of hydrogen-bond acceptors (Lipinski definition) is 2. The van der Waals surface area contributed by atoms with Crippen molar-refractivity contribution in [1.82, 2.24) is 0 Å². The van der Waals surface area contributed by atoms with Gasteiger partial charge in [0.2, 0.25) is 0 Å². The van der Waals surface area contributed by atoms with Gasteiger partial charge in [-0.05, 0) is 65.0 Å². The molecule has 2 aromatic rings. The summed E-state index contributed by atoms with van der Waals surface area (Å²) in [5.74, 6) is 3.75. The van der Waals surface area contributed by atoms with E-state index < -0.39 is 0 Å². The van der Waals surface area contributed by atoms with Crippen LogP contribution in [0, 0.1) is 11.8 Å². The van der Waals surface area contributed by atoms with E-state index in [2.05, 4.69) is 84.9 Å². The van der Waals surface area contributed by atoms with Crippen LogP contribution in [0.5, 0.6) is 11.5 Å². The van der Waals surface area contributed by atoms with Gasteiger partial charge in [-0.25, -0.2) is 0 Å². The Morgan fingerprint density at radius 1 is 0.714 bits per heavy atom. The molecule has 2 aromatic carbocycles. The van der Waals surface area contributed by atoms with Gasteiger partial charge in [0.25, 0.3) is 0 Å². The van der Waals surface area contributed by atoms with Gasteiger partial charge in [0.05, 0.1) is 0 Å². The third kappa shape index (κ3) is 6.89. The fourth-order valence-corrected chi connectivity index (χ4v) is 3.48. The van der Waals surface area contributed by atoms with Gasteiger partial charge in [-0.2, -0.15) is 0 Å². The third-order valence-electron chi connectivity index (χ3n) is 5.18. The van der Waals surface area contributed by atoms with Crippen molar-refractivity contribution in [2.75, 3.05) is 13.2 Å². The Labute approximate surface area is 172 Å². The summed E-state index contributed by atoms with van der Waals surface area (Å²) in [6, 6.07) is 17.0. The number of rotatable bonds is 9. The fourth-order valence-electron chi connectivity index (χ4n) is 3.48. The molecule has 2 rings (SSSR count). The first-order valence-corrected chi connectivity index (χ1v) is 10.6. The van der Waals surface area contributed by atoms with Crippen molar-refractivity contribution < 1.29 is 9.47 Å². The monoisotopic (exact) mass is 382 g/mol. The fraction of sp³-hybridized carbons (Fsp3) is 0.538. The van der Waals surface area contributed by atoms with Crippen LogP contribution >= 0.6 is 0 Å². The van der Waals surface area contributed by atoms with E-state index in [1.54, 1.807) is 0 Å². The van der Waals surface area contributed by atoms with Crippen LogP contribution in [-0.2, 0) is 5.41 Å². The molecule has 1 atom stereocenters. The quantitative estimate of drug-likeness (QED) is 0.426. The van der Waals surface area contributed by atoms with E-state index in [9.17, 15) is 0 Å². The number of ether oxygens (including phenoxy) is 2. The molecule has 154 valence electrons. The summed E-state index contributed by atoms with van der Waals surface area (Å²) in [6.07, 6.45) is 1.22. The maximum absolute atomic E-state index is 5.86. The van der Waals surface area contributed by atoms with Crippen molar-refractivity contribution >= 4 is 0 Å². The summed E-state index contributed by atoms with van der Waals surface area (Å²) in [6.45, 7) is 16.9. The molecule has 0 aliphatic carbocycles. The lowest BCUT2D eigenvalue weighted by Gasteiger charge is -2.23. The van der Waals surface area contributed by atoms with Gasteiger partial charge in [-0.15, -0.1) is 0 Å². The maximum Gasteiger partial charge on any atom is 0.122 e. The summed E-state index contributed by atoms with van der Waals surface area (Å²) in [5.41, 5.74) is 2.89. The summed E-state index contributed by atoms with van der Waals surface area (Å²) < 4.78 is 11.7. The molecular formula is C26H38O2. The number of benzene rings is 2. The molecule has 0 bridgehead atoms.